The quantitative estimate of drug-likeness (QED) is 0.673. The third-order valence-corrected chi connectivity index (χ3v) is 8.76. The van der Waals surface area contributed by atoms with Crippen molar-refractivity contribution < 1.29 is 19.1 Å². The molecule has 7 nitrogen and oxygen atoms in total. The van der Waals surface area contributed by atoms with Gasteiger partial charge in [-0.15, -0.1) is 0 Å². The van der Waals surface area contributed by atoms with Gasteiger partial charge < -0.3 is 14.5 Å². The number of ether oxygens (including phenoxy) is 1. The second-order valence-electron chi connectivity index (χ2n) is 10.9. The summed E-state index contributed by atoms with van der Waals surface area (Å²) in [6, 6.07) is 5.46. The number of piperidine rings is 2. The zero-order chi connectivity index (χ0) is 23.9. The van der Waals surface area contributed by atoms with Crippen LogP contribution in [0.25, 0.3) is 0 Å². The third kappa shape index (κ3) is 4.40. The number of benzene rings is 1. The molecule has 7 heteroatoms. The Morgan fingerprint density at radius 2 is 1.79 bits per heavy atom. The molecule has 1 saturated carbocycles. The van der Waals surface area contributed by atoms with Gasteiger partial charge in [-0.1, -0.05) is 31.9 Å². The minimum atomic E-state index is -0.580. The molecule has 0 bridgehead atoms. The summed E-state index contributed by atoms with van der Waals surface area (Å²) in [5, 5.41) is 2.37. The molecule has 4 aliphatic rings. The number of nitrogens with zero attached hydrogens (tertiary/aromatic N) is 2. The number of hydrogen-bond donors (Lipinski definition) is 1. The molecule has 34 heavy (non-hydrogen) atoms. The van der Waals surface area contributed by atoms with Gasteiger partial charge in [0.15, 0.2) is 0 Å². The van der Waals surface area contributed by atoms with E-state index in [1.807, 2.05) is 12.1 Å². The fraction of sp³-hybridized carbons (Fsp3) is 0.667. The zero-order valence-electron chi connectivity index (χ0n) is 20.5. The van der Waals surface area contributed by atoms with E-state index in [2.05, 4.69) is 23.2 Å². The summed E-state index contributed by atoms with van der Waals surface area (Å²) in [6.07, 6.45) is 7.98. The van der Waals surface area contributed by atoms with E-state index in [9.17, 15) is 14.4 Å². The highest BCUT2D eigenvalue weighted by Crippen LogP contribution is 2.39. The lowest BCUT2D eigenvalue weighted by atomic mass is 9.80. The van der Waals surface area contributed by atoms with Crippen molar-refractivity contribution in [2.75, 3.05) is 26.7 Å². The average Bonchev–Trinajstić information content (AvgIpc) is 3.17. The Morgan fingerprint density at radius 3 is 2.47 bits per heavy atom. The molecule has 0 aromatic heterocycles. The van der Waals surface area contributed by atoms with Crippen molar-refractivity contribution in [3.63, 3.8) is 0 Å². The molecule has 1 aromatic carbocycles. The highest BCUT2D eigenvalue weighted by molar-refractivity contribution is 6.05. The van der Waals surface area contributed by atoms with E-state index >= 15 is 0 Å². The number of likely N-dealkylation sites (tertiary alicyclic amines) is 1. The van der Waals surface area contributed by atoms with E-state index in [1.54, 1.807) is 12.0 Å². The number of nitrogens with one attached hydrogen (secondary N) is 1. The number of fused-ring (bicyclic) bond motifs is 1. The lowest BCUT2D eigenvalue weighted by Gasteiger charge is -2.43. The number of rotatable bonds is 5. The molecule has 1 unspecified atom stereocenters. The molecule has 2 saturated heterocycles. The van der Waals surface area contributed by atoms with Gasteiger partial charge >= 0.3 is 0 Å². The average molecular weight is 468 g/mol. The zero-order valence-corrected chi connectivity index (χ0v) is 20.5. The van der Waals surface area contributed by atoms with Gasteiger partial charge in [0.2, 0.25) is 11.8 Å². The molecule has 1 N–H and O–H groups in total. The smallest absolute Gasteiger partial charge is 0.255 e. The van der Waals surface area contributed by atoms with Gasteiger partial charge in [-0.05, 0) is 61.1 Å². The minimum Gasteiger partial charge on any atom is -0.373 e. The molecule has 0 spiro atoms. The fourth-order valence-corrected chi connectivity index (χ4v) is 6.44. The van der Waals surface area contributed by atoms with Crippen LogP contribution in [0.3, 0.4) is 0 Å². The summed E-state index contributed by atoms with van der Waals surface area (Å²) < 4.78 is 6.15. The van der Waals surface area contributed by atoms with Crippen molar-refractivity contribution in [1.29, 1.82) is 0 Å². The first-order chi connectivity index (χ1) is 16.4. The second kappa shape index (κ2) is 9.42. The first-order valence-electron chi connectivity index (χ1n) is 12.9. The summed E-state index contributed by atoms with van der Waals surface area (Å²) in [6.45, 7) is 6.03. The summed E-state index contributed by atoms with van der Waals surface area (Å²) in [7, 11) is 1.80. The molecular formula is C27H37N3O4. The molecule has 3 heterocycles. The van der Waals surface area contributed by atoms with Crippen LogP contribution in [-0.4, -0.2) is 60.3 Å². The van der Waals surface area contributed by atoms with Crippen LogP contribution >= 0.6 is 0 Å². The Kier molecular flexibility index (Phi) is 6.51. The van der Waals surface area contributed by atoms with Crippen molar-refractivity contribution in [3.8, 4) is 0 Å². The molecule has 184 valence electrons. The monoisotopic (exact) mass is 467 g/mol. The maximum absolute atomic E-state index is 13.0. The van der Waals surface area contributed by atoms with E-state index in [4.69, 9.17) is 4.74 Å². The van der Waals surface area contributed by atoms with E-state index in [-0.39, 0.29) is 29.7 Å². The second-order valence-corrected chi connectivity index (χ2v) is 10.9. The highest BCUT2D eigenvalue weighted by Gasteiger charge is 2.41. The number of imide groups is 1. The van der Waals surface area contributed by atoms with E-state index in [0.29, 0.717) is 18.5 Å². The number of amides is 3. The fourth-order valence-electron chi connectivity index (χ4n) is 6.44. The Hall–Kier alpha value is -2.25. The van der Waals surface area contributed by atoms with Gasteiger partial charge in [-0.3, -0.25) is 19.7 Å². The predicted octanol–water partition coefficient (Wildman–Crippen LogP) is 3.21. The summed E-state index contributed by atoms with van der Waals surface area (Å²) in [5.41, 5.74) is 2.39. The summed E-state index contributed by atoms with van der Waals surface area (Å²) >= 11 is 0. The number of methoxy groups -OCH3 is 1. The van der Waals surface area contributed by atoms with Crippen molar-refractivity contribution in [1.82, 2.24) is 15.1 Å². The van der Waals surface area contributed by atoms with Crippen LogP contribution in [0.5, 0.6) is 0 Å². The molecule has 1 atom stereocenters. The lowest BCUT2D eigenvalue weighted by Crippen LogP contribution is -2.52. The lowest BCUT2D eigenvalue weighted by molar-refractivity contribution is -0.136. The molecule has 1 aromatic rings. The maximum atomic E-state index is 13.0. The Labute approximate surface area is 202 Å². The largest absolute Gasteiger partial charge is 0.373 e. The Morgan fingerprint density at radius 1 is 1.06 bits per heavy atom. The number of hydrogen-bond acceptors (Lipinski definition) is 5. The molecular weight excluding hydrogens is 430 g/mol. The Balaban J connectivity index is 1.26. The first kappa shape index (κ1) is 23.5. The van der Waals surface area contributed by atoms with Gasteiger partial charge in [0.1, 0.15) is 6.04 Å². The maximum Gasteiger partial charge on any atom is 0.255 e. The topological polar surface area (TPSA) is 79.0 Å². The van der Waals surface area contributed by atoms with Crippen LogP contribution in [0.4, 0.5) is 0 Å². The normalized spacial score (nSPS) is 29.8. The standard InChI is InChI=1S/C27H37N3O4/c1-18-3-5-19(6-4-18)16-29-13-11-27(34-2,12-14-29)21-7-8-22-20(15-21)17-30(26(22)33)23-9-10-24(31)28-25(23)32/h7-8,15,18-19,23H,3-6,9-14,16-17H2,1-2H3,(H,28,31,32). The molecule has 1 aliphatic carbocycles. The summed E-state index contributed by atoms with van der Waals surface area (Å²) in [5.74, 6) is 0.955. The summed E-state index contributed by atoms with van der Waals surface area (Å²) in [4.78, 5) is 41.1. The SMILES string of the molecule is COC1(c2ccc3c(c2)CN(C2CCC(=O)NC2=O)C3=O)CCN(CC2CCC(C)CC2)CC1. The van der Waals surface area contributed by atoms with Gasteiger partial charge in [-0.25, -0.2) is 0 Å². The van der Waals surface area contributed by atoms with Crippen LogP contribution < -0.4 is 5.32 Å². The van der Waals surface area contributed by atoms with Crippen LogP contribution in [0.15, 0.2) is 18.2 Å². The highest BCUT2D eigenvalue weighted by atomic mass is 16.5. The third-order valence-electron chi connectivity index (χ3n) is 8.76. The van der Waals surface area contributed by atoms with Crippen LogP contribution in [0.1, 0.15) is 79.8 Å². The van der Waals surface area contributed by atoms with Crippen LogP contribution in [-0.2, 0) is 26.5 Å². The molecule has 3 amide bonds. The predicted molar refractivity (Wildman–Crippen MR) is 128 cm³/mol. The van der Waals surface area contributed by atoms with Gasteiger partial charge in [-0.2, -0.15) is 0 Å². The number of carbonyl (C=O) groups is 3. The van der Waals surface area contributed by atoms with Crippen molar-refractivity contribution >= 4 is 17.7 Å². The van der Waals surface area contributed by atoms with E-state index in [1.165, 1.54) is 32.2 Å². The van der Waals surface area contributed by atoms with Gasteiger partial charge in [0, 0.05) is 45.3 Å². The Bertz CT molecular complexity index is 961. The van der Waals surface area contributed by atoms with Gasteiger partial charge in [0.05, 0.1) is 5.60 Å². The van der Waals surface area contributed by atoms with Crippen LogP contribution in [0, 0.1) is 11.8 Å². The van der Waals surface area contributed by atoms with E-state index in [0.717, 1.165) is 48.9 Å². The van der Waals surface area contributed by atoms with Crippen LogP contribution in [0.2, 0.25) is 0 Å². The van der Waals surface area contributed by atoms with Crippen molar-refractivity contribution in [3.05, 3.63) is 34.9 Å². The van der Waals surface area contributed by atoms with E-state index < -0.39 is 6.04 Å². The first-order valence-corrected chi connectivity index (χ1v) is 12.9. The number of carbonyl (C=O) groups excluding carboxylic acids is 3. The molecule has 3 aliphatic heterocycles. The van der Waals surface area contributed by atoms with Crippen molar-refractivity contribution in [2.24, 2.45) is 11.8 Å². The van der Waals surface area contributed by atoms with Crippen molar-refractivity contribution in [2.45, 2.75) is 76.5 Å². The van der Waals surface area contributed by atoms with Gasteiger partial charge in [0.25, 0.3) is 5.91 Å². The minimum absolute atomic E-state index is 0.126. The molecule has 0 radical (unpaired) electrons. The molecule has 5 rings (SSSR count). The molecule has 3 fully saturated rings.